The van der Waals surface area contributed by atoms with Crippen molar-refractivity contribution in [3.05, 3.63) is 107 Å². The van der Waals surface area contributed by atoms with Crippen LogP contribution in [0.4, 0.5) is 5.69 Å². The van der Waals surface area contributed by atoms with Crippen molar-refractivity contribution in [1.82, 2.24) is 30.4 Å². The van der Waals surface area contributed by atoms with E-state index in [1.165, 1.54) is 5.56 Å². The maximum Gasteiger partial charge on any atom is 0.251 e. The Kier molecular flexibility index (Phi) is 8.77. The SMILES string of the molecule is CN1CCC(NC(=O)c2ccc(C3=Nc4cc(-c5ccc6nc(-c7ccc(C(=O)NC8CCN(C)CC8)cc7)[nH]c6c5)ccc4C3)cc2)CC1. The summed E-state index contributed by atoms with van der Waals surface area (Å²) >= 11 is 0. The predicted molar refractivity (Wildman–Crippen MR) is 199 cm³/mol. The fourth-order valence-electron chi connectivity index (χ4n) is 7.29. The van der Waals surface area contributed by atoms with E-state index in [-0.39, 0.29) is 23.9 Å². The highest BCUT2D eigenvalue weighted by atomic mass is 16.2. The molecule has 9 nitrogen and oxygen atoms in total. The van der Waals surface area contributed by atoms with Crippen LogP contribution in [0.2, 0.25) is 0 Å². The highest BCUT2D eigenvalue weighted by Gasteiger charge is 2.22. The van der Waals surface area contributed by atoms with Crippen LogP contribution in [0.3, 0.4) is 0 Å². The molecule has 0 saturated carbocycles. The lowest BCUT2D eigenvalue weighted by molar-refractivity contribution is 0.0908. The van der Waals surface area contributed by atoms with Crippen molar-refractivity contribution in [2.45, 2.75) is 44.2 Å². The quantitative estimate of drug-likeness (QED) is 0.192. The lowest BCUT2D eigenvalue weighted by Gasteiger charge is -2.29. The van der Waals surface area contributed by atoms with Crippen LogP contribution in [0.25, 0.3) is 33.5 Å². The van der Waals surface area contributed by atoms with Gasteiger partial charge in [0.15, 0.2) is 0 Å². The normalized spacial score (nSPS) is 17.4. The Morgan fingerprint density at radius 2 is 1.18 bits per heavy atom. The zero-order valence-electron chi connectivity index (χ0n) is 28.7. The molecular formula is C41H43N7O2. The van der Waals surface area contributed by atoms with Crippen LogP contribution in [-0.2, 0) is 6.42 Å². The van der Waals surface area contributed by atoms with E-state index in [2.05, 4.69) is 69.8 Å². The summed E-state index contributed by atoms with van der Waals surface area (Å²) in [6.07, 6.45) is 4.71. The summed E-state index contributed by atoms with van der Waals surface area (Å²) in [5, 5.41) is 6.39. The third kappa shape index (κ3) is 6.84. The van der Waals surface area contributed by atoms with Gasteiger partial charge in [-0.25, -0.2) is 4.98 Å². The summed E-state index contributed by atoms with van der Waals surface area (Å²) in [5.74, 6) is 0.744. The number of fused-ring (bicyclic) bond motifs is 2. The average Bonchev–Trinajstić information content (AvgIpc) is 3.78. The molecule has 9 heteroatoms. The number of nitrogens with zero attached hydrogens (tertiary/aromatic N) is 4. The Bertz CT molecular complexity index is 2070. The van der Waals surface area contributed by atoms with Crippen molar-refractivity contribution in [1.29, 1.82) is 0 Å². The molecule has 5 aromatic rings. The molecule has 254 valence electrons. The molecule has 0 unspecified atom stereocenters. The van der Waals surface area contributed by atoms with Crippen LogP contribution >= 0.6 is 0 Å². The van der Waals surface area contributed by atoms with E-state index >= 15 is 0 Å². The van der Waals surface area contributed by atoms with Crippen molar-refractivity contribution in [3.63, 3.8) is 0 Å². The molecule has 1 aromatic heterocycles. The maximum atomic E-state index is 12.9. The number of nitrogens with one attached hydrogen (secondary N) is 3. The highest BCUT2D eigenvalue weighted by Crippen LogP contribution is 2.34. The van der Waals surface area contributed by atoms with Crippen LogP contribution in [0.1, 0.15) is 57.5 Å². The Morgan fingerprint density at radius 3 is 1.78 bits per heavy atom. The number of amides is 2. The standard InChI is InChI=1S/C41H43N7O2/c1-47-19-15-33(16-20-47)42-40(49)28-7-3-26(4-8-28)36-25-32-12-11-30(23-37(32)44-36)31-13-14-35-38(24-31)46-39(45-35)27-5-9-29(10-6-27)41(50)43-34-17-21-48(2)22-18-34/h3-14,23-24,33-34H,15-22,25H2,1-2H3,(H,42,49)(H,43,50)(H,45,46). The number of piperidine rings is 2. The van der Waals surface area contributed by atoms with Crippen LogP contribution in [-0.4, -0.2) is 89.7 Å². The van der Waals surface area contributed by atoms with Gasteiger partial charge < -0.3 is 25.4 Å². The largest absolute Gasteiger partial charge is 0.349 e. The first-order chi connectivity index (χ1) is 24.3. The third-order valence-corrected chi connectivity index (χ3v) is 10.5. The molecule has 3 N–H and O–H groups in total. The predicted octanol–water partition coefficient (Wildman–Crippen LogP) is 6.22. The van der Waals surface area contributed by atoms with Gasteiger partial charge in [-0.05, 0) is 131 Å². The van der Waals surface area contributed by atoms with Gasteiger partial charge in [-0.2, -0.15) is 0 Å². The van der Waals surface area contributed by atoms with Gasteiger partial charge in [0.2, 0.25) is 0 Å². The monoisotopic (exact) mass is 665 g/mol. The first-order valence-corrected chi connectivity index (χ1v) is 17.7. The summed E-state index contributed by atoms with van der Waals surface area (Å²) in [7, 11) is 4.25. The fourth-order valence-corrected chi connectivity index (χ4v) is 7.29. The van der Waals surface area contributed by atoms with Crippen molar-refractivity contribution < 1.29 is 9.59 Å². The summed E-state index contributed by atoms with van der Waals surface area (Å²) in [6, 6.07) is 28.7. The van der Waals surface area contributed by atoms with E-state index in [1.54, 1.807) is 0 Å². The van der Waals surface area contributed by atoms with E-state index in [0.29, 0.717) is 11.1 Å². The first-order valence-electron chi connectivity index (χ1n) is 17.7. The van der Waals surface area contributed by atoms with Gasteiger partial charge in [0.05, 0.1) is 22.4 Å². The minimum Gasteiger partial charge on any atom is -0.349 e. The Hall–Kier alpha value is -5.12. The van der Waals surface area contributed by atoms with E-state index in [4.69, 9.17) is 9.98 Å². The molecule has 2 fully saturated rings. The third-order valence-electron chi connectivity index (χ3n) is 10.5. The Balaban J connectivity index is 0.933. The van der Waals surface area contributed by atoms with E-state index in [0.717, 1.165) is 109 Å². The number of aliphatic imine (C=N–C) groups is 1. The molecule has 3 aliphatic rings. The zero-order chi connectivity index (χ0) is 34.2. The van der Waals surface area contributed by atoms with E-state index in [9.17, 15) is 9.59 Å². The first kappa shape index (κ1) is 32.1. The van der Waals surface area contributed by atoms with Crippen molar-refractivity contribution in [2.75, 3.05) is 40.3 Å². The van der Waals surface area contributed by atoms with Crippen molar-refractivity contribution in [3.8, 4) is 22.5 Å². The number of aromatic nitrogens is 2. The lowest BCUT2D eigenvalue weighted by atomic mass is 9.99. The van der Waals surface area contributed by atoms with Crippen molar-refractivity contribution in [2.24, 2.45) is 4.99 Å². The number of likely N-dealkylation sites (tertiary alicyclic amines) is 2. The number of H-pyrrole nitrogens is 1. The number of aromatic amines is 1. The summed E-state index contributed by atoms with van der Waals surface area (Å²) in [6.45, 7) is 4.05. The second kappa shape index (κ2) is 13.7. The van der Waals surface area contributed by atoms with Crippen LogP contribution < -0.4 is 10.6 Å². The van der Waals surface area contributed by atoms with E-state index in [1.807, 2.05) is 54.6 Å². The molecule has 0 aliphatic carbocycles. The second-order valence-corrected chi connectivity index (χ2v) is 14.2. The number of hydrogen-bond donors (Lipinski definition) is 3. The molecule has 2 amide bonds. The zero-order valence-corrected chi connectivity index (χ0v) is 28.7. The molecule has 0 atom stereocenters. The van der Waals surface area contributed by atoms with Gasteiger partial charge in [0.25, 0.3) is 11.8 Å². The van der Waals surface area contributed by atoms with Gasteiger partial charge in [-0.3, -0.25) is 14.6 Å². The molecule has 0 radical (unpaired) electrons. The summed E-state index contributed by atoms with van der Waals surface area (Å²) in [4.78, 5) is 43.6. The minimum atomic E-state index is -0.0215. The number of carbonyl (C=O) groups excluding carboxylic acids is 2. The molecule has 3 aliphatic heterocycles. The number of benzene rings is 4. The van der Waals surface area contributed by atoms with Crippen LogP contribution in [0, 0.1) is 0 Å². The smallest absolute Gasteiger partial charge is 0.251 e. The van der Waals surface area contributed by atoms with Gasteiger partial charge in [-0.1, -0.05) is 42.5 Å². The molecule has 4 heterocycles. The average molecular weight is 666 g/mol. The lowest BCUT2D eigenvalue weighted by Crippen LogP contribution is -2.43. The highest BCUT2D eigenvalue weighted by molar-refractivity contribution is 6.07. The van der Waals surface area contributed by atoms with Gasteiger partial charge in [0.1, 0.15) is 5.82 Å². The molecule has 50 heavy (non-hydrogen) atoms. The topological polar surface area (TPSA) is 106 Å². The van der Waals surface area contributed by atoms with Gasteiger partial charge in [-0.15, -0.1) is 0 Å². The fraction of sp³-hybridized carbons (Fsp3) is 0.317. The molecule has 4 aromatic carbocycles. The molecule has 0 spiro atoms. The number of imidazole rings is 1. The molecule has 8 rings (SSSR count). The molecule has 0 bridgehead atoms. The Morgan fingerprint density at radius 1 is 0.660 bits per heavy atom. The number of carbonyl (C=O) groups is 2. The van der Waals surface area contributed by atoms with Crippen LogP contribution in [0.5, 0.6) is 0 Å². The molecular weight excluding hydrogens is 622 g/mol. The van der Waals surface area contributed by atoms with Crippen molar-refractivity contribution >= 4 is 34.2 Å². The maximum absolute atomic E-state index is 12.9. The minimum absolute atomic E-state index is 0.00523. The number of rotatable bonds is 7. The second-order valence-electron chi connectivity index (χ2n) is 14.2. The van der Waals surface area contributed by atoms with Gasteiger partial charge in [0, 0.05) is 35.2 Å². The van der Waals surface area contributed by atoms with Gasteiger partial charge >= 0.3 is 0 Å². The van der Waals surface area contributed by atoms with Crippen LogP contribution in [0.15, 0.2) is 89.9 Å². The van der Waals surface area contributed by atoms with E-state index < -0.39 is 0 Å². The summed E-state index contributed by atoms with van der Waals surface area (Å²) < 4.78 is 0. The summed E-state index contributed by atoms with van der Waals surface area (Å²) in [5.41, 5.74) is 10.5. The molecule has 2 saturated heterocycles. The Labute approximate surface area is 292 Å². The number of hydrogen-bond acceptors (Lipinski definition) is 6.